The second kappa shape index (κ2) is 7.08. The van der Waals surface area contributed by atoms with E-state index in [4.69, 9.17) is 0 Å². The molecule has 0 aliphatic carbocycles. The quantitative estimate of drug-likeness (QED) is 0.758. The van der Waals surface area contributed by atoms with Crippen LogP contribution in [0.15, 0.2) is 30.3 Å². The highest BCUT2D eigenvalue weighted by Gasteiger charge is 2.23. The van der Waals surface area contributed by atoms with Gasteiger partial charge in [-0.1, -0.05) is 24.3 Å². The molecule has 0 saturated carbocycles. The summed E-state index contributed by atoms with van der Waals surface area (Å²) < 4.78 is 1.68. The highest BCUT2D eigenvalue weighted by molar-refractivity contribution is 5.77. The average molecular weight is 364 g/mol. The number of carbonyl (C=O) groups is 1. The number of carbonyl (C=O) groups excluding carboxylic acids is 1. The maximum atomic E-state index is 12.4. The van der Waals surface area contributed by atoms with Crippen LogP contribution in [0.5, 0.6) is 0 Å². The highest BCUT2D eigenvalue weighted by atomic mass is 16.1. The van der Waals surface area contributed by atoms with Crippen molar-refractivity contribution < 1.29 is 4.79 Å². The third kappa shape index (κ3) is 3.68. The van der Waals surface area contributed by atoms with Gasteiger partial charge in [0.1, 0.15) is 0 Å². The molecule has 7 heteroatoms. The maximum Gasteiger partial charge on any atom is 0.252 e. The molecule has 0 bridgehead atoms. The molecule has 1 aromatic carbocycles. The van der Waals surface area contributed by atoms with Crippen LogP contribution in [0.4, 0.5) is 0 Å². The van der Waals surface area contributed by atoms with Gasteiger partial charge < -0.3 is 5.32 Å². The van der Waals surface area contributed by atoms with E-state index in [0.717, 1.165) is 24.4 Å². The fourth-order valence-electron chi connectivity index (χ4n) is 3.67. The molecular formula is C20H24N6O. The zero-order chi connectivity index (χ0) is 19.0. The molecule has 27 heavy (non-hydrogen) atoms. The van der Waals surface area contributed by atoms with Crippen molar-refractivity contribution in [3.63, 3.8) is 0 Å². The van der Waals surface area contributed by atoms with Gasteiger partial charge in [0, 0.05) is 30.5 Å². The largest absolute Gasteiger partial charge is 0.354 e. The molecular weight excluding hydrogens is 340 g/mol. The lowest BCUT2D eigenvalue weighted by atomic mass is 9.94. The summed E-state index contributed by atoms with van der Waals surface area (Å²) in [6.45, 7) is 5.41. The molecule has 3 heterocycles. The summed E-state index contributed by atoms with van der Waals surface area (Å²) in [7, 11) is 2.10. The van der Waals surface area contributed by atoms with Crippen LogP contribution >= 0.6 is 0 Å². The van der Waals surface area contributed by atoms with E-state index in [9.17, 15) is 4.79 Å². The Morgan fingerprint density at radius 3 is 2.81 bits per heavy atom. The van der Waals surface area contributed by atoms with Gasteiger partial charge in [0.05, 0.1) is 6.42 Å². The van der Waals surface area contributed by atoms with Crippen LogP contribution in [-0.4, -0.2) is 50.0 Å². The van der Waals surface area contributed by atoms with Gasteiger partial charge in [-0.15, -0.1) is 5.10 Å². The van der Waals surface area contributed by atoms with Gasteiger partial charge in [-0.05, 0) is 44.5 Å². The van der Waals surface area contributed by atoms with Crippen LogP contribution in [0.3, 0.4) is 0 Å². The average Bonchev–Trinajstić information content (AvgIpc) is 3.02. The van der Waals surface area contributed by atoms with E-state index in [1.165, 1.54) is 11.1 Å². The van der Waals surface area contributed by atoms with Gasteiger partial charge in [0.15, 0.2) is 5.82 Å². The van der Waals surface area contributed by atoms with E-state index in [0.29, 0.717) is 24.2 Å². The van der Waals surface area contributed by atoms with Crippen LogP contribution in [0.2, 0.25) is 0 Å². The number of likely N-dealkylation sites (N-methyl/N-ethyl adjacent to an activating group) is 1. The lowest BCUT2D eigenvalue weighted by Crippen LogP contribution is -2.45. The number of nitrogens with one attached hydrogen (secondary N) is 1. The molecule has 1 amide bonds. The first-order valence-corrected chi connectivity index (χ1v) is 9.23. The number of rotatable bonds is 4. The first-order chi connectivity index (χ1) is 13.0. The first kappa shape index (κ1) is 17.6. The number of benzene rings is 1. The molecule has 3 aromatic rings. The van der Waals surface area contributed by atoms with Crippen molar-refractivity contribution in [1.29, 1.82) is 0 Å². The molecule has 0 saturated heterocycles. The van der Waals surface area contributed by atoms with Crippen molar-refractivity contribution in [3.05, 3.63) is 58.7 Å². The third-order valence-electron chi connectivity index (χ3n) is 5.13. The monoisotopic (exact) mass is 364 g/mol. The standard InChI is InChI=1S/C20H24N6O/c1-13-8-14(2)26-20(22-13)23-18(24-26)10-19(27)21-11-17-9-15-6-4-5-7-16(15)12-25(17)3/h4-8,17H,9-12H2,1-3H3,(H,21,27)/t17-/m0/s1. The lowest BCUT2D eigenvalue weighted by molar-refractivity contribution is -0.120. The summed E-state index contributed by atoms with van der Waals surface area (Å²) in [5.41, 5.74) is 4.59. The highest BCUT2D eigenvalue weighted by Crippen LogP contribution is 2.21. The lowest BCUT2D eigenvalue weighted by Gasteiger charge is -2.34. The van der Waals surface area contributed by atoms with Crippen molar-refractivity contribution in [3.8, 4) is 0 Å². The molecule has 7 nitrogen and oxygen atoms in total. The second-order valence-corrected chi connectivity index (χ2v) is 7.30. The Labute approximate surface area is 158 Å². The fourth-order valence-corrected chi connectivity index (χ4v) is 3.67. The van der Waals surface area contributed by atoms with E-state index in [1.54, 1.807) is 4.52 Å². The number of hydrogen-bond acceptors (Lipinski definition) is 5. The third-order valence-corrected chi connectivity index (χ3v) is 5.13. The van der Waals surface area contributed by atoms with Crippen LogP contribution in [0.25, 0.3) is 5.78 Å². The molecule has 1 N–H and O–H groups in total. The number of amides is 1. The molecule has 0 radical (unpaired) electrons. The zero-order valence-electron chi connectivity index (χ0n) is 15.9. The van der Waals surface area contributed by atoms with Gasteiger partial charge in [-0.3, -0.25) is 9.69 Å². The summed E-state index contributed by atoms with van der Waals surface area (Å²) in [4.78, 5) is 23.4. The summed E-state index contributed by atoms with van der Waals surface area (Å²) in [5.74, 6) is 0.975. The van der Waals surface area contributed by atoms with Crippen molar-refractivity contribution in [2.75, 3.05) is 13.6 Å². The van der Waals surface area contributed by atoms with Gasteiger partial charge >= 0.3 is 0 Å². The Balaban J connectivity index is 1.38. The fraction of sp³-hybridized carbons (Fsp3) is 0.400. The van der Waals surface area contributed by atoms with Gasteiger partial charge in [-0.2, -0.15) is 4.98 Å². The predicted octanol–water partition coefficient (Wildman–Crippen LogP) is 1.46. The molecule has 0 unspecified atom stereocenters. The molecule has 4 rings (SSSR count). The molecule has 140 valence electrons. The SMILES string of the molecule is Cc1cc(C)n2nc(CC(=O)NC[C@@H]3Cc4ccccc4CN3C)nc2n1. The molecule has 0 fully saturated rings. The van der Waals surface area contributed by atoms with E-state index in [-0.39, 0.29) is 12.3 Å². The number of hydrogen-bond donors (Lipinski definition) is 1. The number of fused-ring (bicyclic) bond motifs is 2. The Morgan fingerprint density at radius 2 is 2.00 bits per heavy atom. The maximum absolute atomic E-state index is 12.4. The van der Waals surface area contributed by atoms with Crippen LogP contribution < -0.4 is 5.32 Å². The summed E-state index contributed by atoms with van der Waals surface area (Å²) in [6, 6.07) is 10.7. The van der Waals surface area contributed by atoms with E-state index in [2.05, 4.69) is 56.6 Å². The first-order valence-electron chi connectivity index (χ1n) is 9.23. The van der Waals surface area contributed by atoms with E-state index < -0.39 is 0 Å². The van der Waals surface area contributed by atoms with Crippen molar-refractivity contribution in [2.24, 2.45) is 0 Å². The van der Waals surface area contributed by atoms with Gasteiger partial charge in [-0.25, -0.2) is 9.50 Å². The summed E-state index contributed by atoms with van der Waals surface area (Å²) in [5, 5.41) is 7.45. The molecule has 1 aliphatic rings. The Bertz CT molecular complexity index is 995. The van der Waals surface area contributed by atoms with Crippen LogP contribution in [0, 0.1) is 13.8 Å². The normalized spacial score (nSPS) is 17.1. The van der Waals surface area contributed by atoms with E-state index in [1.807, 2.05) is 19.9 Å². The Kier molecular flexibility index (Phi) is 4.61. The van der Waals surface area contributed by atoms with Crippen molar-refractivity contribution in [2.45, 2.75) is 39.3 Å². The van der Waals surface area contributed by atoms with Gasteiger partial charge in [0.2, 0.25) is 5.91 Å². The second-order valence-electron chi connectivity index (χ2n) is 7.30. The summed E-state index contributed by atoms with van der Waals surface area (Å²) in [6.07, 6.45) is 1.11. The number of aryl methyl sites for hydroxylation is 2. The minimum Gasteiger partial charge on any atom is -0.354 e. The topological polar surface area (TPSA) is 75.4 Å². The minimum atomic E-state index is -0.0625. The van der Waals surface area contributed by atoms with Crippen molar-refractivity contribution >= 4 is 11.7 Å². The number of nitrogens with zero attached hydrogens (tertiary/aromatic N) is 5. The summed E-state index contributed by atoms with van der Waals surface area (Å²) >= 11 is 0. The predicted molar refractivity (Wildman–Crippen MR) is 102 cm³/mol. The Morgan fingerprint density at radius 1 is 1.22 bits per heavy atom. The smallest absolute Gasteiger partial charge is 0.252 e. The minimum absolute atomic E-state index is 0.0625. The van der Waals surface area contributed by atoms with Crippen molar-refractivity contribution in [1.82, 2.24) is 29.8 Å². The molecule has 2 aromatic heterocycles. The van der Waals surface area contributed by atoms with Crippen LogP contribution in [0.1, 0.15) is 28.3 Å². The van der Waals surface area contributed by atoms with Gasteiger partial charge in [0.25, 0.3) is 5.78 Å². The number of aromatic nitrogens is 4. The van der Waals surface area contributed by atoms with Crippen LogP contribution in [-0.2, 0) is 24.2 Å². The zero-order valence-corrected chi connectivity index (χ0v) is 15.9. The molecule has 0 spiro atoms. The molecule has 1 atom stereocenters. The molecule has 1 aliphatic heterocycles. The van der Waals surface area contributed by atoms with E-state index >= 15 is 0 Å². The Hall–Kier alpha value is -2.80.